The third kappa shape index (κ3) is 6.12. The first-order valence-electron chi connectivity index (χ1n) is 5.73. The number of amides is 1. The van der Waals surface area contributed by atoms with Crippen LogP contribution in [0, 0.1) is 5.82 Å². The lowest BCUT2D eigenvalue weighted by Crippen LogP contribution is -2.47. The smallest absolute Gasteiger partial charge is 0.269 e. The number of halogens is 1. The molecule has 0 fully saturated rings. The molecular weight excluding hydrogens is 267 g/mol. The van der Waals surface area contributed by atoms with Crippen molar-refractivity contribution < 1.29 is 9.18 Å². The Morgan fingerprint density at radius 1 is 1.26 bits per heavy atom. The summed E-state index contributed by atoms with van der Waals surface area (Å²) in [5.74, 6) is -0.762. The normalized spacial score (nSPS) is 10.1. The Kier molecular flexibility index (Phi) is 6.17. The molecule has 0 aliphatic carbocycles. The monoisotopic (exact) mass is 284 g/mol. The molecule has 0 unspecified atom stereocenters. The van der Waals surface area contributed by atoms with Crippen LogP contribution in [-0.2, 0) is 0 Å². The van der Waals surface area contributed by atoms with Gasteiger partial charge in [-0.1, -0.05) is 0 Å². The highest BCUT2D eigenvalue weighted by Gasteiger charge is 2.05. The fraction of sp³-hybridized carbons (Fsp3) is 0.333. The minimum atomic E-state index is -0.384. The van der Waals surface area contributed by atoms with Crippen LogP contribution in [0.15, 0.2) is 24.3 Å². The maximum absolute atomic E-state index is 12.7. The second kappa shape index (κ2) is 7.65. The fourth-order valence-electron chi connectivity index (χ4n) is 1.22. The van der Waals surface area contributed by atoms with Gasteiger partial charge in [0.05, 0.1) is 0 Å². The van der Waals surface area contributed by atoms with Crippen LogP contribution >= 0.6 is 12.2 Å². The van der Waals surface area contributed by atoms with E-state index >= 15 is 0 Å². The van der Waals surface area contributed by atoms with E-state index in [9.17, 15) is 9.18 Å². The number of thiocarbonyl (C=S) groups is 1. The molecular formula is C12H17FN4OS. The Hall–Kier alpha value is -1.73. The lowest BCUT2D eigenvalue weighted by Gasteiger charge is -2.13. The quantitative estimate of drug-likeness (QED) is 0.555. The van der Waals surface area contributed by atoms with Crippen LogP contribution in [0.25, 0.3) is 0 Å². The zero-order chi connectivity index (χ0) is 14.3. The molecule has 0 atom stereocenters. The molecule has 0 aliphatic heterocycles. The molecule has 1 amide bonds. The summed E-state index contributed by atoms with van der Waals surface area (Å²) in [5.41, 5.74) is 5.36. The lowest BCUT2D eigenvalue weighted by molar-refractivity contribution is 0.0943. The first-order chi connectivity index (χ1) is 8.99. The molecule has 1 aromatic rings. The van der Waals surface area contributed by atoms with Gasteiger partial charge in [-0.15, -0.1) is 0 Å². The van der Waals surface area contributed by atoms with E-state index in [0.29, 0.717) is 17.2 Å². The van der Waals surface area contributed by atoms with Crippen molar-refractivity contribution in [3.05, 3.63) is 35.6 Å². The zero-order valence-electron chi connectivity index (χ0n) is 10.9. The van der Waals surface area contributed by atoms with Gasteiger partial charge in [0.1, 0.15) is 5.82 Å². The maximum Gasteiger partial charge on any atom is 0.269 e. The molecule has 3 N–H and O–H groups in total. The van der Waals surface area contributed by atoms with Crippen molar-refractivity contribution >= 4 is 23.2 Å². The van der Waals surface area contributed by atoms with Gasteiger partial charge >= 0.3 is 0 Å². The summed E-state index contributed by atoms with van der Waals surface area (Å²) < 4.78 is 12.7. The number of hydrazine groups is 1. The van der Waals surface area contributed by atoms with Gasteiger partial charge in [-0.3, -0.25) is 15.6 Å². The number of carbonyl (C=O) groups is 1. The van der Waals surface area contributed by atoms with Gasteiger partial charge in [0.2, 0.25) is 0 Å². The maximum atomic E-state index is 12.7. The second-order valence-electron chi connectivity index (χ2n) is 4.15. The van der Waals surface area contributed by atoms with Crippen molar-refractivity contribution in [2.45, 2.75) is 0 Å². The topological polar surface area (TPSA) is 56.4 Å². The summed E-state index contributed by atoms with van der Waals surface area (Å²) in [6.07, 6.45) is 0. The van der Waals surface area contributed by atoms with E-state index in [4.69, 9.17) is 12.2 Å². The Labute approximate surface area is 117 Å². The zero-order valence-corrected chi connectivity index (χ0v) is 11.7. The Morgan fingerprint density at radius 3 is 2.47 bits per heavy atom. The number of hydrogen-bond donors (Lipinski definition) is 3. The van der Waals surface area contributed by atoms with Crippen molar-refractivity contribution in [3.63, 3.8) is 0 Å². The van der Waals surface area contributed by atoms with Crippen LogP contribution in [0.2, 0.25) is 0 Å². The van der Waals surface area contributed by atoms with Gasteiger partial charge in [-0.05, 0) is 50.6 Å². The lowest BCUT2D eigenvalue weighted by atomic mass is 10.2. The van der Waals surface area contributed by atoms with Crippen LogP contribution in [-0.4, -0.2) is 43.1 Å². The average Bonchev–Trinajstić information content (AvgIpc) is 2.36. The third-order valence-electron chi connectivity index (χ3n) is 2.24. The van der Waals surface area contributed by atoms with Crippen molar-refractivity contribution in [1.82, 2.24) is 21.1 Å². The summed E-state index contributed by atoms with van der Waals surface area (Å²) in [6.45, 7) is 1.50. The molecule has 19 heavy (non-hydrogen) atoms. The molecule has 0 aliphatic rings. The molecule has 0 saturated carbocycles. The van der Waals surface area contributed by atoms with Gasteiger partial charge in [0.25, 0.3) is 5.91 Å². The highest BCUT2D eigenvalue weighted by atomic mass is 32.1. The summed E-state index contributed by atoms with van der Waals surface area (Å²) in [5, 5.41) is 3.26. The standard InChI is InChI=1S/C12H17FN4OS/c1-17(2)8-7-14-12(19)16-15-11(18)9-3-5-10(13)6-4-9/h3-6H,7-8H2,1-2H3,(H,15,18)(H2,14,16,19). The summed E-state index contributed by atoms with van der Waals surface area (Å²) in [6, 6.07) is 5.24. The molecule has 0 heterocycles. The first kappa shape index (κ1) is 15.3. The van der Waals surface area contributed by atoms with E-state index in [1.165, 1.54) is 24.3 Å². The number of benzene rings is 1. The van der Waals surface area contributed by atoms with Gasteiger partial charge < -0.3 is 10.2 Å². The number of rotatable bonds is 4. The highest BCUT2D eigenvalue weighted by molar-refractivity contribution is 7.80. The Morgan fingerprint density at radius 2 is 1.89 bits per heavy atom. The van der Waals surface area contributed by atoms with Crippen molar-refractivity contribution in [2.75, 3.05) is 27.2 Å². The molecule has 5 nitrogen and oxygen atoms in total. The SMILES string of the molecule is CN(C)CCNC(=S)NNC(=O)c1ccc(F)cc1. The largest absolute Gasteiger partial charge is 0.360 e. The molecule has 0 bridgehead atoms. The van der Waals surface area contributed by atoms with Gasteiger partial charge in [0, 0.05) is 18.7 Å². The number of hydrogen-bond acceptors (Lipinski definition) is 3. The predicted octanol–water partition coefficient (Wildman–Crippen LogP) is 0.496. The molecule has 104 valence electrons. The summed E-state index contributed by atoms with van der Waals surface area (Å²) in [4.78, 5) is 13.7. The van der Waals surface area contributed by atoms with E-state index in [-0.39, 0.29) is 11.7 Å². The van der Waals surface area contributed by atoms with Crippen LogP contribution in [0.4, 0.5) is 4.39 Å². The summed E-state index contributed by atoms with van der Waals surface area (Å²) >= 11 is 4.98. The van der Waals surface area contributed by atoms with Crippen molar-refractivity contribution in [3.8, 4) is 0 Å². The molecule has 7 heteroatoms. The molecule has 0 aromatic heterocycles. The number of carbonyl (C=O) groups excluding carboxylic acids is 1. The third-order valence-corrected chi connectivity index (χ3v) is 2.49. The van der Waals surface area contributed by atoms with Crippen LogP contribution in [0.5, 0.6) is 0 Å². The first-order valence-corrected chi connectivity index (χ1v) is 6.14. The molecule has 1 aromatic carbocycles. The molecule has 0 saturated heterocycles. The van der Waals surface area contributed by atoms with Crippen molar-refractivity contribution in [1.29, 1.82) is 0 Å². The van der Waals surface area contributed by atoms with Crippen LogP contribution < -0.4 is 16.2 Å². The molecule has 0 radical (unpaired) electrons. The van der Waals surface area contributed by atoms with E-state index < -0.39 is 0 Å². The van der Waals surface area contributed by atoms with E-state index in [0.717, 1.165) is 6.54 Å². The number of likely N-dealkylation sites (N-methyl/N-ethyl adjacent to an activating group) is 1. The molecule has 0 spiro atoms. The van der Waals surface area contributed by atoms with Gasteiger partial charge in [-0.25, -0.2) is 4.39 Å². The van der Waals surface area contributed by atoms with Crippen LogP contribution in [0.1, 0.15) is 10.4 Å². The highest BCUT2D eigenvalue weighted by Crippen LogP contribution is 2.01. The minimum Gasteiger partial charge on any atom is -0.360 e. The Balaban J connectivity index is 2.30. The summed E-state index contributed by atoms with van der Waals surface area (Å²) in [7, 11) is 3.91. The van der Waals surface area contributed by atoms with E-state index in [1.807, 2.05) is 19.0 Å². The number of nitrogens with zero attached hydrogens (tertiary/aromatic N) is 1. The number of nitrogens with one attached hydrogen (secondary N) is 3. The van der Waals surface area contributed by atoms with E-state index in [2.05, 4.69) is 16.2 Å². The Bertz CT molecular complexity index is 436. The minimum absolute atomic E-state index is 0.331. The van der Waals surface area contributed by atoms with Crippen molar-refractivity contribution in [2.24, 2.45) is 0 Å². The predicted molar refractivity (Wildman–Crippen MR) is 76.2 cm³/mol. The average molecular weight is 284 g/mol. The van der Waals surface area contributed by atoms with Gasteiger partial charge in [0.15, 0.2) is 5.11 Å². The van der Waals surface area contributed by atoms with Gasteiger partial charge in [-0.2, -0.15) is 0 Å². The van der Waals surface area contributed by atoms with Crippen LogP contribution in [0.3, 0.4) is 0 Å². The van der Waals surface area contributed by atoms with E-state index in [1.54, 1.807) is 0 Å². The second-order valence-corrected chi connectivity index (χ2v) is 4.55. The molecule has 1 rings (SSSR count). The fourth-order valence-corrected chi connectivity index (χ4v) is 1.38.